The smallest absolute Gasteiger partial charge is 0.265 e. The molecule has 0 aliphatic rings. The molecule has 1 aromatic carbocycles. The van der Waals surface area contributed by atoms with Crippen molar-refractivity contribution < 1.29 is 13.2 Å². The van der Waals surface area contributed by atoms with E-state index in [1.165, 1.54) is 18.3 Å². The molecule has 7 heteroatoms. The molecule has 0 atom stereocenters. The number of ether oxygens (including phenoxy) is 1. The molecular formula is C13H15N3O3S. The lowest BCUT2D eigenvalue weighted by atomic mass is 10.3. The van der Waals surface area contributed by atoms with Crippen LogP contribution in [0, 0.1) is 0 Å². The number of sulfonamides is 1. The number of nitrogens with zero attached hydrogens (tertiary/aromatic N) is 1. The zero-order chi connectivity index (χ0) is 14.6. The van der Waals surface area contributed by atoms with Crippen molar-refractivity contribution in [1.29, 1.82) is 0 Å². The van der Waals surface area contributed by atoms with Crippen LogP contribution in [0.1, 0.15) is 6.92 Å². The maximum Gasteiger partial charge on any atom is 0.265 e. The summed E-state index contributed by atoms with van der Waals surface area (Å²) >= 11 is 0. The van der Waals surface area contributed by atoms with E-state index >= 15 is 0 Å². The second kappa shape index (κ2) is 5.79. The standard InChI is InChI=1S/C13H15N3O3S/c1-2-19-12-6-5-10(14)8-13(12)20(17,18)16-11-4-3-7-15-9-11/h3-9,16H,2,14H2,1H3. The molecule has 0 fully saturated rings. The Morgan fingerprint density at radius 2 is 2.15 bits per heavy atom. The van der Waals surface area contributed by atoms with Crippen molar-refractivity contribution in [3.8, 4) is 5.75 Å². The number of rotatable bonds is 5. The van der Waals surface area contributed by atoms with E-state index in [2.05, 4.69) is 9.71 Å². The Bertz CT molecular complexity index is 687. The number of hydrogen-bond acceptors (Lipinski definition) is 5. The SMILES string of the molecule is CCOc1ccc(N)cc1S(=O)(=O)Nc1cccnc1. The molecule has 0 aliphatic carbocycles. The highest BCUT2D eigenvalue weighted by molar-refractivity contribution is 7.92. The minimum atomic E-state index is -3.78. The molecule has 2 aromatic rings. The fourth-order valence-electron chi connectivity index (χ4n) is 1.64. The van der Waals surface area contributed by atoms with Crippen molar-refractivity contribution in [2.45, 2.75) is 11.8 Å². The van der Waals surface area contributed by atoms with Crippen molar-refractivity contribution in [3.63, 3.8) is 0 Å². The quantitative estimate of drug-likeness (QED) is 0.821. The third-order valence-corrected chi connectivity index (χ3v) is 3.87. The van der Waals surface area contributed by atoms with E-state index in [1.54, 1.807) is 31.3 Å². The van der Waals surface area contributed by atoms with Gasteiger partial charge in [0.05, 0.1) is 18.5 Å². The molecule has 3 N–H and O–H groups in total. The maximum atomic E-state index is 12.4. The number of nitrogen functional groups attached to an aromatic ring is 1. The van der Waals surface area contributed by atoms with Gasteiger partial charge in [0.15, 0.2) is 0 Å². The molecule has 106 valence electrons. The second-order valence-corrected chi connectivity index (χ2v) is 5.64. The van der Waals surface area contributed by atoms with Gasteiger partial charge in [0.25, 0.3) is 10.0 Å². The van der Waals surface area contributed by atoms with Crippen molar-refractivity contribution in [1.82, 2.24) is 4.98 Å². The van der Waals surface area contributed by atoms with Gasteiger partial charge < -0.3 is 10.5 Å². The van der Waals surface area contributed by atoms with Crippen molar-refractivity contribution in [2.24, 2.45) is 0 Å². The summed E-state index contributed by atoms with van der Waals surface area (Å²) in [7, 11) is -3.78. The first-order chi connectivity index (χ1) is 9.53. The van der Waals surface area contributed by atoms with Gasteiger partial charge in [-0.1, -0.05) is 0 Å². The molecule has 0 amide bonds. The Morgan fingerprint density at radius 3 is 2.80 bits per heavy atom. The zero-order valence-electron chi connectivity index (χ0n) is 10.9. The van der Waals surface area contributed by atoms with Crippen LogP contribution in [-0.2, 0) is 10.0 Å². The van der Waals surface area contributed by atoms with E-state index in [9.17, 15) is 8.42 Å². The highest BCUT2D eigenvalue weighted by Gasteiger charge is 2.20. The summed E-state index contributed by atoms with van der Waals surface area (Å²) in [5.74, 6) is 0.262. The first kappa shape index (κ1) is 14.1. The van der Waals surface area contributed by atoms with Gasteiger partial charge in [0, 0.05) is 11.9 Å². The lowest BCUT2D eigenvalue weighted by Crippen LogP contribution is -2.15. The van der Waals surface area contributed by atoms with E-state index in [-0.39, 0.29) is 10.6 Å². The van der Waals surface area contributed by atoms with Gasteiger partial charge in [-0.3, -0.25) is 9.71 Å². The number of hydrogen-bond donors (Lipinski definition) is 2. The summed E-state index contributed by atoms with van der Waals surface area (Å²) in [6, 6.07) is 7.74. The monoisotopic (exact) mass is 293 g/mol. The Balaban J connectivity index is 2.41. The molecular weight excluding hydrogens is 278 g/mol. The summed E-state index contributed by atoms with van der Waals surface area (Å²) < 4.78 is 32.5. The van der Waals surface area contributed by atoms with E-state index in [0.29, 0.717) is 18.0 Å². The highest BCUT2D eigenvalue weighted by atomic mass is 32.2. The molecule has 0 unspecified atom stereocenters. The Morgan fingerprint density at radius 1 is 1.35 bits per heavy atom. The van der Waals surface area contributed by atoms with E-state index in [0.717, 1.165) is 0 Å². The van der Waals surface area contributed by atoms with E-state index < -0.39 is 10.0 Å². The van der Waals surface area contributed by atoms with Crippen LogP contribution >= 0.6 is 0 Å². The van der Waals surface area contributed by atoms with Gasteiger partial charge in [0.2, 0.25) is 0 Å². The summed E-state index contributed by atoms with van der Waals surface area (Å²) in [5, 5.41) is 0. The zero-order valence-corrected chi connectivity index (χ0v) is 11.7. The summed E-state index contributed by atoms with van der Waals surface area (Å²) in [6.45, 7) is 2.14. The van der Waals surface area contributed by atoms with Crippen LogP contribution in [0.3, 0.4) is 0 Å². The fourth-order valence-corrected chi connectivity index (χ4v) is 2.87. The molecule has 1 heterocycles. The topological polar surface area (TPSA) is 94.3 Å². The molecule has 0 saturated carbocycles. The predicted molar refractivity (Wildman–Crippen MR) is 77.1 cm³/mol. The van der Waals surface area contributed by atoms with Gasteiger partial charge >= 0.3 is 0 Å². The molecule has 0 radical (unpaired) electrons. The average molecular weight is 293 g/mol. The number of aromatic nitrogens is 1. The third kappa shape index (κ3) is 3.18. The van der Waals surface area contributed by atoms with E-state index in [4.69, 9.17) is 10.5 Å². The van der Waals surface area contributed by atoms with Gasteiger partial charge in [-0.05, 0) is 37.3 Å². The first-order valence-electron chi connectivity index (χ1n) is 5.98. The third-order valence-electron chi connectivity index (χ3n) is 2.47. The van der Waals surface area contributed by atoms with Crippen LogP contribution in [0.4, 0.5) is 11.4 Å². The Hall–Kier alpha value is -2.28. The summed E-state index contributed by atoms with van der Waals surface area (Å²) in [6.07, 6.45) is 2.98. The molecule has 6 nitrogen and oxygen atoms in total. The number of pyridine rings is 1. The van der Waals surface area contributed by atoms with Crippen LogP contribution in [0.15, 0.2) is 47.6 Å². The highest BCUT2D eigenvalue weighted by Crippen LogP contribution is 2.27. The minimum absolute atomic E-state index is 0.00297. The molecule has 0 spiro atoms. The van der Waals surface area contributed by atoms with Gasteiger partial charge in [-0.15, -0.1) is 0 Å². The van der Waals surface area contributed by atoms with Crippen LogP contribution in [0.25, 0.3) is 0 Å². The molecule has 0 bridgehead atoms. The van der Waals surface area contributed by atoms with Gasteiger partial charge in [-0.2, -0.15) is 0 Å². The molecule has 0 saturated heterocycles. The maximum absolute atomic E-state index is 12.4. The van der Waals surface area contributed by atoms with Gasteiger partial charge in [-0.25, -0.2) is 8.42 Å². The van der Waals surface area contributed by atoms with Crippen molar-refractivity contribution in [2.75, 3.05) is 17.1 Å². The number of anilines is 2. The molecule has 2 rings (SSSR count). The largest absolute Gasteiger partial charge is 0.492 e. The molecule has 20 heavy (non-hydrogen) atoms. The minimum Gasteiger partial charge on any atom is -0.492 e. The molecule has 0 aliphatic heterocycles. The van der Waals surface area contributed by atoms with Crippen LogP contribution < -0.4 is 15.2 Å². The number of benzene rings is 1. The summed E-state index contributed by atoms with van der Waals surface area (Å²) in [5.41, 5.74) is 6.37. The lowest BCUT2D eigenvalue weighted by Gasteiger charge is -2.13. The van der Waals surface area contributed by atoms with Crippen LogP contribution in [0.5, 0.6) is 5.75 Å². The lowest BCUT2D eigenvalue weighted by molar-refractivity contribution is 0.331. The Labute approximate surface area is 117 Å². The van der Waals surface area contributed by atoms with Crippen LogP contribution in [-0.4, -0.2) is 20.0 Å². The van der Waals surface area contributed by atoms with Crippen LogP contribution in [0.2, 0.25) is 0 Å². The molecule has 1 aromatic heterocycles. The summed E-state index contributed by atoms with van der Waals surface area (Å²) in [4.78, 5) is 3.86. The fraction of sp³-hybridized carbons (Fsp3) is 0.154. The van der Waals surface area contributed by atoms with E-state index in [1.807, 2.05) is 0 Å². The normalized spacial score (nSPS) is 11.1. The number of nitrogens with two attached hydrogens (primary N) is 1. The average Bonchev–Trinajstić information content (AvgIpc) is 2.41. The predicted octanol–water partition coefficient (Wildman–Crippen LogP) is 1.86. The second-order valence-electron chi connectivity index (χ2n) is 3.99. The van der Waals surface area contributed by atoms with Gasteiger partial charge in [0.1, 0.15) is 10.6 Å². The first-order valence-corrected chi connectivity index (χ1v) is 7.46. The van der Waals surface area contributed by atoms with Crippen molar-refractivity contribution in [3.05, 3.63) is 42.7 Å². The Kier molecular flexibility index (Phi) is 4.09. The number of nitrogens with one attached hydrogen (secondary N) is 1. The van der Waals surface area contributed by atoms with Crippen molar-refractivity contribution >= 4 is 21.4 Å².